The Balaban J connectivity index is 2.76. The SMILES string of the molecule is CC(C)NCC(=O)Nc1cc(Cl)c(OC(F)F)c(Cl)c1. The van der Waals surface area contributed by atoms with Crippen molar-refractivity contribution >= 4 is 34.8 Å². The zero-order valence-electron chi connectivity index (χ0n) is 10.8. The van der Waals surface area contributed by atoms with Crippen molar-refractivity contribution < 1.29 is 18.3 Å². The predicted molar refractivity (Wildman–Crippen MR) is 74.9 cm³/mol. The number of carbonyl (C=O) groups is 1. The number of benzene rings is 1. The van der Waals surface area contributed by atoms with Crippen molar-refractivity contribution in [3.63, 3.8) is 0 Å². The van der Waals surface area contributed by atoms with E-state index >= 15 is 0 Å². The summed E-state index contributed by atoms with van der Waals surface area (Å²) in [5.41, 5.74) is 0.303. The van der Waals surface area contributed by atoms with Gasteiger partial charge in [0.15, 0.2) is 5.75 Å². The Morgan fingerprint density at radius 2 is 1.85 bits per heavy atom. The molecular formula is C12H14Cl2F2N2O2. The Bertz CT molecular complexity index is 462. The molecule has 0 spiro atoms. The largest absolute Gasteiger partial charge is 0.432 e. The lowest BCUT2D eigenvalue weighted by Crippen LogP contribution is -2.32. The highest BCUT2D eigenvalue weighted by Crippen LogP contribution is 2.36. The van der Waals surface area contributed by atoms with Crippen molar-refractivity contribution in [1.29, 1.82) is 0 Å². The molecule has 0 saturated carbocycles. The number of nitrogens with one attached hydrogen (secondary N) is 2. The van der Waals surface area contributed by atoms with Crippen LogP contribution in [0.2, 0.25) is 10.0 Å². The van der Waals surface area contributed by atoms with Crippen LogP contribution < -0.4 is 15.4 Å². The lowest BCUT2D eigenvalue weighted by molar-refractivity contribution is -0.115. The molecule has 0 atom stereocenters. The third-order valence-electron chi connectivity index (χ3n) is 2.16. The Kier molecular flexibility index (Phi) is 6.45. The minimum atomic E-state index is -3.03. The highest BCUT2D eigenvalue weighted by molar-refractivity contribution is 6.37. The van der Waals surface area contributed by atoms with Crippen molar-refractivity contribution in [2.45, 2.75) is 26.5 Å². The lowest BCUT2D eigenvalue weighted by Gasteiger charge is -2.12. The summed E-state index contributed by atoms with van der Waals surface area (Å²) >= 11 is 11.6. The molecule has 0 radical (unpaired) electrons. The number of rotatable bonds is 6. The van der Waals surface area contributed by atoms with Crippen LogP contribution in [0.1, 0.15) is 13.8 Å². The summed E-state index contributed by atoms with van der Waals surface area (Å²) in [4.78, 5) is 11.6. The molecule has 0 fully saturated rings. The van der Waals surface area contributed by atoms with Crippen LogP contribution >= 0.6 is 23.2 Å². The van der Waals surface area contributed by atoms with Crippen molar-refractivity contribution in [2.75, 3.05) is 11.9 Å². The van der Waals surface area contributed by atoms with E-state index in [2.05, 4.69) is 15.4 Å². The number of hydrogen-bond acceptors (Lipinski definition) is 3. The van der Waals surface area contributed by atoms with E-state index in [1.807, 2.05) is 13.8 Å². The number of alkyl halides is 2. The summed E-state index contributed by atoms with van der Waals surface area (Å²) in [6, 6.07) is 2.74. The Morgan fingerprint density at radius 3 is 2.30 bits per heavy atom. The van der Waals surface area contributed by atoms with Gasteiger partial charge in [0.25, 0.3) is 0 Å². The van der Waals surface area contributed by atoms with Gasteiger partial charge in [0, 0.05) is 11.7 Å². The highest BCUT2D eigenvalue weighted by Gasteiger charge is 2.15. The average Bonchev–Trinajstić information content (AvgIpc) is 2.31. The van der Waals surface area contributed by atoms with E-state index < -0.39 is 6.61 Å². The summed E-state index contributed by atoms with van der Waals surface area (Å²) < 4.78 is 28.5. The normalized spacial score (nSPS) is 11.0. The van der Waals surface area contributed by atoms with Crippen LogP contribution in [0.15, 0.2) is 12.1 Å². The van der Waals surface area contributed by atoms with Crippen molar-refractivity contribution in [1.82, 2.24) is 5.32 Å². The molecule has 0 aliphatic heterocycles. The fourth-order valence-electron chi connectivity index (χ4n) is 1.34. The van der Waals surface area contributed by atoms with E-state index in [-0.39, 0.29) is 34.3 Å². The minimum Gasteiger partial charge on any atom is -0.432 e. The van der Waals surface area contributed by atoms with Gasteiger partial charge in [-0.15, -0.1) is 0 Å². The van der Waals surface area contributed by atoms with Gasteiger partial charge in [-0.1, -0.05) is 37.0 Å². The first kappa shape index (κ1) is 16.9. The topological polar surface area (TPSA) is 50.4 Å². The molecule has 112 valence electrons. The molecule has 1 aromatic rings. The first-order valence-electron chi connectivity index (χ1n) is 5.76. The molecule has 0 saturated heterocycles. The van der Waals surface area contributed by atoms with Gasteiger partial charge in [0.1, 0.15) is 0 Å². The van der Waals surface area contributed by atoms with Gasteiger partial charge >= 0.3 is 6.61 Å². The van der Waals surface area contributed by atoms with Crippen LogP contribution in [0, 0.1) is 0 Å². The minimum absolute atomic E-state index is 0.107. The maximum Gasteiger partial charge on any atom is 0.387 e. The first-order valence-corrected chi connectivity index (χ1v) is 6.52. The summed E-state index contributed by atoms with van der Waals surface area (Å²) in [5, 5.41) is 5.26. The summed E-state index contributed by atoms with van der Waals surface area (Å²) in [6.07, 6.45) is 0. The molecule has 8 heteroatoms. The quantitative estimate of drug-likeness (QED) is 0.840. The van der Waals surface area contributed by atoms with Gasteiger partial charge in [0.2, 0.25) is 5.91 Å². The number of anilines is 1. The molecule has 4 nitrogen and oxygen atoms in total. The highest BCUT2D eigenvalue weighted by atomic mass is 35.5. The Hall–Kier alpha value is -1.11. The summed E-state index contributed by atoms with van der Waals surface area (Å²) in [5.74, 6) is -0.616. The second kappa shape index (κ2) is 7.61. The third-order valence-corrected chi connectivity index (χ3v) is 2.72. The molecule has 0 aliphatic rings. The van der Waals surface area contributed by atoms with Crippen molar-refractivity contribution in [3.8, 4) is 5.75 Å². The van der Waals surface area contributed by atoms with E-state index in [1.165, 1.54) is 12.1 Å². The van der Waals surface area contributed by atoms with E-state index in [1.54, 1.807) is 0 Å². The molecule has 1 rings (SSSR count). The van der Waals surface area contributed by atoms with E-state index in [0.717, 1.165) is 0 Å². The second-order valence-electron chi connectivity index (χ2n) is 4.23. The number of hydrogen-bond donors (Lipinski definition) is 2. The molecule has 2 N–H and O–H groups in total. The fraction of sp³-hybridized carbons (Fsp3) is 0.417. The molecule has 0 aromatic heterocycles. The lowest BCUT2D eigenvalue weighted by atomic mass is 10.3. The average molecular weight is 327 g/mol. The second-order valence-corrected chi connectivity index (χ2v) is 5.05. The van der Waals surface area contributed by atoms with Crippen LogP contribution in [-0.4, -0.2) is 25.1 Å². The maximum absolute atomic E-state index is 12.1. The van der Waals surface area contributed by atoms with Gasteiger partial charge in [-0.05, 0) is 12.1 Å². The predicted octanol–water partition coefficient (Wildman–Crippen LogP) is 3.53. The van der Waals surface area contributed by atoms with Gasteiger partial charge in [-0.3, -0.25) is 4.79 Å². The molecule has 1 aromatic carbocycles. The molecule has 0 heterocycles. The summed E-state index contributed by atoms with van der Waals surface area (Å²) in [6.45, 7) is 0.887. The van der Waals surface area contributed by atoms with E-state index in [9.17, 15) is 13.6 Å². The van der Waals surface area contributed by atoms with Crippen LogP contribution in [0.25, 0.3) is 0 Å². The van der Waals surface area contributed by atoms with Crippen LogP contribution in [-0.2, 0) is 4.79 Å². The standard InChI is InChI=1S/C12H14Cl2F2N2O2/c1-6(2)17-5-10(19)18-7-3-8(13)11(9(14)4-7)20-12(15)16/h3-4,6,12,17H,5H2,1-2H3,(H,18,19). The molecule has 1 amide bonds. The number of ether oxygens (including phenoxy) is 1. The van der Waals surface area contributed by atoms with Crippen LogP contribution in [0.4, 0.5) is 14.5 Å². The maximum atomic E-state index is 12.1. The smallest absolute Gasteiger partial charge is 0.387 e. The van der Waals surface area contributed by atoms with Gasteiger partial charge in [-0.2, -0.15) is 8.78 Å². The number of halogens is 4. The molecule has 20 heavy (non-hydrogen) atoms. The Labute approximate surface area is 125 Å². The Morgan fingerprint density at radius 1 is 1.30 bits per heavy atom. The molecule has 0 aliphatic carbocycles. The zero-order valence-corrected chi connectivity index (χ0v) is 12.4. The fourth-order valence-corrected chi connectivity index (χ4v) is 1.91. The van der Waals surface area contributed by atoms with Crippen molar-refractivity contribution in [2.24, 2.45) is 0 Å². The molecular weight excluding hydrogens is 313 g/mol. The van der Waals surface area contributed by atoms with Gasteiger partial charge in [-0.25, -0.2) is 0 Å². The van der Waals surface area contributed by atoms with Crippen LogP contribution in [0.3, 0.4) is 0 Å². The number of carbonyl (C=O) groups excluding carboxylic acids is 1. The summed E-state index contributed by atoms with van der Waals surface area (Å²) in [7, 11) is 0. The first-order chi connectivity index (χ1) is 9.29. The third kappa shape index (κ3) is 5.48. The monoisotopic (exact) mass is 326 g/mol. The van der Waals surface area contributed by atoms with Crippen molar-refractivity contribution in [3.05, 3.63) is 22.2 Å². The van der Waals surface area contributed by atoms with Gasteiger partial charge in [0.05, 0.1) is 16.6 Å². The zero-order chi connectivity index (χ0) is 15.3. The van der Waals surface area contributed by atoms with Crippen LogP contribution in [0.5, 0.6) is 5.75 Å². The van der Waals surface area contributed by atoms with Gasteiger partial charge < -0.3 is 15.4 Å². The number of amides is 1. The van der Waals surface area contributed by atoms with E-state index in [0.29, 0.717) is 5.69 Å². The molecule has 0 unspecified atom stereocenters. The van der Waals surface area contributed by atoms with E-state index in [4.69, 9.17) is 23.2 Å². The molecule has 0 bridgehead atoms.